The zero-order valence-corrected chi connectivity index (χ0v) is 14.0. The van der Waals surface area contributed by atoms with Gasteiger partial charge in [0, 0.05) is 28.7 Å². The van der Waals surface area contributed by atoms with Gasteiger partial charge in [0.15, 0.2) is 0 Å². The van der Waals surface area contributed by atoms with Crippen molar-refractivity contribution in [2.24, 2.45) is 0 Å². The molecule has 0 saturated heterocycles. The van der Waals surface area contributed by atoms with Crippen LogP contribution in [0.1, 0.15) is 10.4 Å². The van der Waals surface area contributed by atoms with Crippen molar-refractivity contribution in [3.05, 3.63) is 90.0 Å². The fourth-order valence-electron chi connectivity index (χ4n) is 2.38. The van der Waals surface area contributed by atoms with Crippen LogP contribution in [0.15, 0.2) is 72.8 Å². The average molecular weight is 367 g/mol. The molecule has 3 amide bonds. The first-order valence-electron chi connectivity index (χ1n) is 8.00. The molecule has 0 radical (unpaired) electrons. The molecular formula is C20H15F2N3O2. The van der Waals surface area contributed by atoms with E-state index in [0.29, 0.717) is 23.1 Å². The first kappa shape index (κ1) is 18.1. The summed E-state index contributed by atoms with van der Waals surface area (Å²) in [5.74, 6) is -2.35. The van der Waals surface area contributed by atoms with E-state index in [1.807, 2.05) is 6.07 Å². The minimum atomic E-state index is -0.840. The third-order valence-corrected chi connectivity index (χ3v) is 3.53. The van der Waals surface area contributed by atoms with Gasteiger partial charge in [-0.3, -0.25) is 4.79 Å². The summed E-state index contributed by atoms with van der Waals surface area (Å²) in [6, 6.07) is 17.4. The minimum absolute atomic E-state index is 0.146. The molecule has 136 valence electrons. The average Bonchev–Trinajstić information content (AvgIpc) is 2.62. The van der Waals surface area contributed by atoms with E-state index < -0.39 is 23.6 Å². The molecular weight excluding hydrogens is 352 g/mol. The van der Waals surface area contributed by atoms with Crippen LogP contribution in [0.3, 0.4) is 0 Å². The van der Waals surface area contributed by atoms with Gasteiger partial charge in [-0.2, -0.15) is 0 Å². The van der Waals surface area contributed by atoms with E-state index in [1.165, 1.54) is 6.07 Å². The van der Waals surface area contributed by atoms with Crippen molar-refractivity contribution in [1.82, 2.24) is 0 Å². The summed E-state index contributed by atoms with van der Waals surface area (Å²) < 4.78 is 26.5. The molecule has 3 aromatic carbocycles. The molecule has 3 rings (SSSR count). The Morgan fingerprint density at radius 2 is 1.19 bits per heavy atom. The molecule has 0 aromatic heterocycles. The predicted octanol–water partition coefficient (Wildman–Crippen LogP) is 4.86. The lowest BCUT2D eigenvalue weighted by Crippen LogP contribution is -2.19. The zero-order valence-electron chi connectivity index (χ0n) is 14.0. The maximum Gasteiger partial charge on any atom is 0.323 e. The van der Waals surface area contributed by atoms with Crippen molar-refractivity contribution >= 4 is 29.0 Å². The molecule has 0 aliphatic rings. The number of hydrogen-bond acceptors (Lipinski definition) is 2. The van der Waals surface area contributed by atoms with Gasteiger partial charge in [0.25, 0.3) is 5.91 Å². The van der Waals surface area contributed by atoms with E-state index in [2.05, 4.69) is 16.0 Å². The summed E-state index contributed by atoms with van der Waals surface area (Å²) in [6.45, 7) is 0. The number of amides is 3. The summed E-state index contributed by atoms with van der Waals surface area (Å²) >= 11 is 0. The molecule has 3 aromatic rings. The van der Waals surface area contributed by atoms with Crippen molar-refractivity contribution in [2.45, 2.75) is 0 Å². The van der Waals surface area contributed by atoms with Crippen molar-refractivity contribution < 1.29 is 18.4 Å². The van der Waals surface area contributed by atoms with Gasteiger partial charge >= 0.3 is 6.03 Å². The highest BCUT2D eigenvalue weighted by Gasteiger charge is 2.10. The van der Waals surface area contributed by atoms with E-state index in [0.717, 1.165) is 12.1 Å². The van der Waals surface area contributed by atoms with Gasteiger partial charge in [-0.15, -0.1) is 0 Å². The largest absolute Gasteiger partial charge is 0.323 e. The monoisotopic (exact) mass is 367 g/mol. The van der Waals surface area contributed by atoms with Crippen molar-refractivity contribution in [3.63, 3.8) is 0 Å². The van der Waals surface area contributed by atoms with E-state index in [9.17, 15) is 18.4 Å². The molecule has 0 aliphatic heterocycles. The number of urea groups is 1. The van der Waals surface area contributed by atoms with Crippen LogP contribution in [-0.4, -0.2) is 11.9 Å². The van der Waals surface area contributed by atoms with E-state index in [4.69, 9.17) is 0 Å². The number of rotatable bonds is 4. The van der Waals surface area contributed by atoms with Crippen LogP contribution < -0.4 is 16.0 Å². The smallest absolute Gasteiger partial charge is 0.322 e. The van der Waals surface area contributed by atoms with Gasteiger partial charge in [0.2, 0.25) is 0 Å². The Labute approximate surface area is 154 Å². The van der Waals surface area contributed by atoms with Crippen LogP contribution in [0, 0.1) is 11.6 Å². The van der Waals surface area contributed by atoms with Gasteiger partial charge in [-0.05, 0) is 42.5 Å². The molecule has 0 heterocycles. The molecule has 0 saturated carbocycles. The van der Waals surface area contributed by atoms with Gasteiger partial charge in [0.05, 0.1) is 0 Å². The summed E-state index contributed by atoms with van der Waals surface area (Å²) in [4.78, 5) is 24.2. The number of anilines is 3. The first-order chi connectivity index (χ1) is 13.0. The molecule has 0 spiro atoms. The summed E-state index contributed by atoms with van der Waals surface area (Å²) in [7, 11) is 0. The lowest BCUT2D eigenvalue weighted by atomic mass is 10.2. The number of carbonyl (C=O) groups excluding carboxylic acids is 2. The van der Waals surface area contributed by atoms with E-state index in [1.54, 1.807) is 42.5 Å². The molecule has 0 aliphatic carbocycles. The maximum atomic E-state index is 13.2. The van der Waals surface area contributed by atoms with Crippen LogP contribution in [-0.2, 0) is 0 Å². The fourth-order valence-corrected chi connectivity index (χ4v) is 2.38. The highest BCUT2D eigenvalue weighted by atomic mass is 19.1. The van der Waals surface area contributed by atoms with Crippen LogP contribution in [0.25, 0.3) is 0 Å². The Morgan fingerprint density at radius 1 is 0.630 bits per heavy atom. The number of hydrogen-bond donors (Lipinski definition) is 3. The quantitative estimate of drug-likeness (QED) is 0.616. The van der Waals surface area contributed by atoms with Crippen LogP contribution in [0.5, 0.6) is 0 Å². The Balaban J connectivity index is 1.66. The second-order valence-corrected chi connectivity index (χ2v) is 5.64. The Bertz CT molecular complexity index is 958. The number of nitrogens with one attached hydrogen (secondary N) is 3. The van der Waals surface area contributed by atoms with Crippen molar-refractivity contribution in [2.75, 3.05) is 16.0 Å². The summed E-state index contributed by atoms with van der Waals surface area (Å²) in [6.07, 6.45) is 0. The van der Waals surface area contributed by atoms with Crippen molar-refractivity contribution in [1.29, 1.82) is 0 Å². The van der Waals surface area contributed by atoms with Gasteiger partial charge in [-0.1, -0.05) is 24.3 Å². The number of para-hydroxylation sites is 1. The molecule has 0 bridgehead atoms. The molecule has 0 atom stereocenters. The Morgan fingerprint density at radius 3 is 1.85 bits per heavy atom. The fraction of sp³-hybridized carbons (Fsp3) is 0. The third-order valence-electron chi connectivity index (χ3n) is 3.53. The molecule has 27 heavy (non-hydrogen) atoms. The number of halogens is 2. The Kier molecular flexibility index (Phi) is 5.41. The normalized spacial score (nSPS) is 10.1. The van der Waals surface area contributed by atoms with E-state index >= 15 is 0 Å². The summed E-state index contributed by atoms with van der Waals surface area (Å²) in [5, 5.41) is 7.84. The third kappa shape index (κ3) is 5.12. The topological polar surface area (TPSA) is 70.2 Å². The molecule has 0 unspecified atom stereocenters. The van der Waals surface area contributed by atoms with Gasteiger partial charge in [0.1, 0.15) is 11.6 Å². The highest BCUT2D eigenvalue weighted by molar-refractivity contribution is 6.05. The second kappa shape index (κ2) is 8.09. The highest BCUT2D eigenvalue weighted by Crippen LogP contribution is 2.17. The first-order valence-corrected chi connectivity index (χ1v) is 8.00. The minimum Gasteiger partial charge on any atom is -0.322 e. The SMILES string of the molecule is O=C(Nc1ccccc1)Nc1cccc(NC(=O)c2cc(F)cc(F)c2)c1. The lowest BCUT2D eigenvalue weighted by Gasteiger charge is -2.10. The Hall–Kier alpha value is -3.74. The van der Waals surface area contributed by atoms with Crippen LogP contribution in [0.2, 0.25) is 0 Å². The van der Waals surface area contributed by atoms with Crippen LogP contribution >= 0.6 is 0 Å². The van der Waals surface area contributed by atoms with Crippen molar-refractivity contribution in [3.8, 4) is 0 Å². The van der Waals surface area contributed by atoms with Crippen LogP contribution in [0.4, 0.5) is 30.6 Å². The second-order valence-electron chi connectivity index (χ2n) is 5.64. The molecule has 0 fully saturated rings. The molecule has 3 N–H and O–H groups in total. The zero-order chi connectivity index (χ0) is 19.2. The number of benzene rings is 3. The predicted molar refractivity (Wildman–Crippen MR) is 99.8 cm³/mol. The maximum absolute atomic E-state index is 13.2. The van der Waals surface area contributed by atoms with E-state index in [-0.39, 0.29) is 5.56 Å². The standard InChI is InChI=1S/C20H15F2N3O2/c21-14-9-13(10-15(22)11-14)19(26)23-17-7-4-8-18(12-17)25-20(27)24-16-5-2-1-3-6-16/h1-12H,(H,23,26)(H2,24,25,27). The van der Waals surface area contributed by atoms with Gasteiger partial charge in [-0.25, -0.2) is 13.6 Å². The number of carbonyl (C=O) groups is 2. The van der Waals surface area contributed by atoms with Gasteiger partial charge < -0.3 is 16.0 Å². The molecule has 5 nitrogen and oxygen atoms in total. The lowest BCUT2D eigenvalue weighted by molar-refractivity contribution is 0.102. The summed E-state index contributed by atoms with van der Waals surface area (Å²) in [5.41, 5.74) is 1.29. The molecule has 7 heteroatoms.